The normalized spacial score (nSPS) is 18.6. The van der Waals surface area contributed by atoms with E-state index in [9.17, 15) is 14.4 Å². The van der Waals surface area contributed by atoms with Gasteiger partial charge < -0.3 is 14.9 Å². The summed E-state index contributed by atoms with van der Waals surface area (Å²) in [4.78, 5) is 39.0. The molecule has 1 N–H and O–H groups in total. The van der Waals surface area contributed by atoms with E-state index >= 15 is 0 Å². The van der Waals surface area contributed by atoms with Crippen LogP contribution in [-0.4, -0.2) is 58.4 Å². The van der Waals surface area contributed by atoms with E-state index in [0.29, 0.717) is 18.5 Å². The maximum Gasteiger partial charge on any atom is 0.326 e. The number of carbonyl (C=O) groups excluding carboxylic acids is 2. The number of likely N-dealkylation sites (N-methyl/N-ethyl adjacent to an activating group) is 1. The number of carboxylic acids is 1. The topological polar surface area (TPSA) is 77.9 Å². The highest BCUT2D eigenvalue weighted by Gasteiger charge is 2.37. The fourth-order valence-electron chi connectivity index (χ4n) is 2.62. The summed E-state index contributed by atoms with van der Waals surface area (Å²) in [5.41, 5.74) is 0.516. The third kappa shape index (κ3) is 3.72. The van der Waals surface area contributed by atoms with Gasteiger partial charge in [0, 0.05) is 23.6 Å². The Kier molecular flexibility index (Phi) is 5.41. The molecule has 124 valence electrons. The van der Waals surface area contributed by atoms with Gasteiger partial charge in [-0.2, -0.15) is 0 Å². The minimum Gasteiger partial charge on any atom is -0.480 e. The first kappa shape index (κ1) is 17.5. The first-order valence-corrected chi connectivity index (χ1v) is 8.18. The average molecular weight is 383 g/mol. The summed E-state index contributed by atoms with van der Waals surface area (Å²) >= 11 is 3.32. The van der Waals surface area contributed by atoms with Gasteiger partial charge in [-0.1, -0.05) is 15.9 Å². The summed E-state index contributed by atoms with van der Waals surface area (Å²) in [6.45, 7) is 1.96. The third-order valence-corrected chi connectivity index (χ3v) is 4.70. The summed E-state index contributed by atoms with van der Waals surface area (Å²) in [5.74, 6) is -1.60. The van der Waals surface area contributed by atoms with E-state index in [2.05, 4.69) is 15.9 Å². The van der Waals surface area contributed by atoms with E-state index in [1.807, 2.05) is 0 Å². The maximum atomic E-state index is 12.6. The van der Waals surface area contributed by atoms with Crippen LogP contribution >= 0.6 is 15.9 Å². The van der Waals surface area contributed by atoms with Crippen molar-refractivity contribution in [3.8, 4) is 0 Å². The molecule has 23 heavy (non-hydrogen) atoms. The summed E-state index contributed by atoms with van der Waals surface area (Å²) in [6, 6.07) is 5.44. The predicted molar refractivity (Wildman–Crippen MR) is 88.1 cm³/mol. The Balaban J connectivity index is 2.16. The quantitative estimate of drug-likeness (QED) is 0.863. The Morgan fingerprint density at radius 2 is 1.91 bits per heavy atom. The minimum atomic E-state index is -1.07. The molecule has 0 aromatic heterocycles. The largest absolute Gasteiger partial charge is 0.480 e. The molecule has 1 heterocycles. The lowest BCUT2D eigenvalue weighted by Crippen LogP contribution is -2.50. The van der Waals surface area contributed by atoms with Crippen LogP contribution in [0.3, 0.4) is 0 Å². The molecule has 0 radical (unpaired) electrons. The van der Waals surface area contributed by atoms with Crippen molar-refractivity contribution in [3.05, 3.63) is 34.3 Å². The van der Waals surface area contributed by atoms with Crippen LogP contribution in [0.1, 0.15) is 30.1 Å². The highest BCUT2D eigenvalue weighted by atomic mass is 79.9. The summed E-state index contributed by atoms with van der Waals surface area (Å²) in [7, 11) is 1.46. The van der Waals surface area contributed by atoms with E-state index in [-0.39, 0.29) is 11.8 Å². The summed E-state index contributed by atoms with van der Waals surface area (Å²) in [6.07, 6.45) is 1.28. The van der Waals surface area contributed by atoms with Crippen LogP contribution in [0.15, 0.2) is 28.7 Å². The molecule has 1 fully saturated rings. The smallest absolute Gasteiger partial charge is 0.326 e. The molecule has 6 nitrogen and oxygen atoms in total. The molecule has 1 aliphatic rings. The molecule has 0 spiro atoms. The van der Waals surface area contributed by atoms with Gasteiger partial charge in [0.05, 0.1) is 0 Å². The number of carboxylic acid groups (broad SMARTS) is 1. The van der Waals surface area contributed by atoms with E-state index in [1.54, 1.807) is 24.3 Å². The van der Waals surface area contributed by atoms with Gasteiger partial charge in [0.2, 0.25) is 5.91 Å². The summed E-state index contributed by atoms with van der Waals surface area (Å²) in [5, 5.41) is 9.04. The number of benzene rings is 1. The van der Waals surface area contributed by atoms with Crippen LogP contribution in [0.25, 0.3) is 0 Å². The van der Waals surface area contributed by atoms with Gasteiger partial charge >= 0.3 is 5.97 Å². The second-order valence-electron chi connectivity index (χ2n) is 5.63. The predicted octanol–water partition coefficient (Wildman–Crippen LogP) is 1.99. The zero-order valence-corrected chi connectivity index (χ0v) is 14.6. The van der Waals surface area contributed by atoms with Crippen molar-refractivity contribution in [2.24, 2.45) is 0 Å². The number of carbonyl (C=O) groups is 3. The molecule has 1 aromatic carbocycles. The molecule has 1 saturated heterocycles. The van der Waals surface area contributed by atoms with E-state index < -0.39 is 18.1 Å². The number of hydrogen-bond acceptors (Lipinski definition) is 3. The Hall–Kier alpha value is -1.89. The summed E-state index contributed by atoms with van der Waals surface area (Å²) < 4.78 is 0.873. The number of aliphatic carboxylic acids is 1. The molecule has 0 aliphatic carbocycles. The highest BCUT2D eigenvalue weighted by molar-refractivity contribution is 9.10. The number of nitrogens with zero attached hydrogens (tertiary/aromatic N) is 2. The van der Waals surface area contributed by atoms with Crippen molar-refractivity contribution in [1.29, 1.82) is 0 Å². The first-order valence-electron chi connectivity index (χ1n) is 7.39. The Bertz CT molecular complexity index is 617. The number of rotatable bonds is 4. The van der Waals surface area contributed by atoms with E-state index in [0.717, 1.165) is 10.9 Å². The molecule has 1 aromatic rings. The van der Waals surface area contributed by atoms with Gasteiger partial charge in [-0.05, 0) is 44.0 Å². The van der Waals surface area contributed by atoms with E-state index in [1.165, 1.54) is 23.8 Å². The van der Waals surface area contributed by atoms with Crippen molar-refractivity contribution in [1.82, 2.24) is 9.80 Å². The molecule has 2 unspecified atom stereocenters. The molecule has 1 aliphatic heterocycles. The Morgan fingerprint density at radius 1 is 1.30 bits per heavy atom. The Morgan fingerprint density at radius 3 is 2.48 bits per heavy atom. The third-order valence-electron chi connectivity index (χ3n) is 4.18. The van der Waals surface area contributed by atoms with Gasteiger partial charge in [-0.25, -0.2) is 4.79 Å². The highest BCUT2D eigenvalue weighted by Crippen LogP contribution is 2.23. The van der Waals surface area contributed by atoms with Crippen LogP contribution in [0.4, 0.5) is 0 Å². The van der Waals surface area contributed by atoms with Crippen LogP contribution in [0.2, 0.25) is 0 Å². The van der Waals surface area contributed by atoms with Gasteiger partial charge in [0.15, 0.2) is 0 Å². The van der Waals surface area contributed by atoms with Crippen molar-refractivity contribution in [2.75, 3.05) is 13.6 Å². The molecule has 0 bridgehead atoms. The monoisotopic (exact) mass is 382 g/mol. The minimum absolute atomic E-state index is 0.204. The van der Waals surface area contributed by atoms with Crippen LogP contribution in [0.5, 0.6) is 0 Å². The molecule has 7 heteroatoms. The number of likely N-dealkylation sites (tertiary alicyclic amines) is 1. The molecular weight excluding hydrogens is 364 g/mol. The van der Waals surface area contributed by atoms with Crippen molar-refractivity contribution in [2.45, 2.75) is 31.8 Å². The Labute approximate surface area is 143 Å². The standard InChI is InChI=1S/C16H19BrN2O4/c1-10(16(22)23)18(2)15(21)13-4-3-9-19(13)14(20)11-5-7-12(17)8-6-11/h5-8,10,13H,3-4,9H2,1-2H3,(H,22,23). The van der Waals surface area contributed by atoms with Crippen molar-refractivity contribution in [3.63, 3.8) is 0 Å². The van der Waals surface area contributed by atoms with Crippen LogP contribution in [0, 0.1) is 0 Å². The van der Waals surface area contributed by atoms with Gasteiger partial charge in [0.25, 0.3) is 5.91 Å². The molecular formula is C16H19BrN2O4. The lowest BCUT2D eigenvalue weighted by Gasteiger charge is -2.30. The molecule has 0 saturated carbocycles. The van der Waals surface area contributed by atoms with Gasteiger partial charge in [-0.15, -0.1) is 0 Å². The van der Waals surface area contributed by atoms with Crippen LogP contribution in [-0.2, 0) is 9.59 Å². The lowest BCUT2D eigenvalue weighted by atomic mass is 10.1. The first-order chi connectivity index (χ1) is 10.8. The number of hydrogen-bond donors (Lipinski definition) is 1. The van der Waals surface area contributed by atoms with Gasteiger partial charge in [0.1, 0.15) is 12.1 Å². The second-order valence-corrected chi connectivity index (χ2v) is 6.54. The van der Waals surface area contributed by atoms with Crippen LogP contribution < -0.4 is 0 Å². The molecule has 2 rings (SSSR count). The average Bonchev–Trinajstić information content (AvgIpc) is 3.02. The van der Waals surface area contributed by atoms with Crippen molar-refractivity contribution >= 4 is 33.7 Å². The zero-order chi connectivity index (χ0) is 17.1. The van der Waals surface area contributed by atoms with Gasteiger partial charge in [-0.3, -0.25) is 9.59 Å². The fourth-order valence-corrected chi connectivity index (χ4v) is 2.88. The molecule has 2 atom stereocenters. The van der Waals surface area contributed by atoms with Crippen molar-refractivity contribution < 1.29 is 19.5 Å². The SMILES string of the molecule is CC(C(=O)O)N(C)C(=O)C1CCCN1C(=O)c1ccc(Br)cc1. The molecule has 2 amide bonds. The number of halogens is 1. The zero-order valence-electron chi connectivity index (χ0n) is 13.0. The fraction of sp³-hybridized carbons (Fsp3) is 0.438. The maximum absolute atomic E-state index is 12.6. The number of amides is 2. The lowest BCUT2D eigenvalue weighted by molar-refractivity contribution is -0.149. The van der Waals surface area contributed by atoms with E-state index in [4.69, 9.17) is 5.11 Å². The second kappa shape index (κ2) is 7.12.